The minimum atomic E-state index is -1.03. The van der Waals surface area contributed by atoms with Crippen LogP contribution in [0.3, 0.4) is 0 Å². The highest BCUT2D eigenvalue weighted by molar-refractivity contribution is 5.95. The summed E-state index contributed by atoms with van der Waals surface area (Å²) < 4.78 is 13.2. The second-order valence-electron chi connectivity index (χ2n) is 4.89. The second-order valence-corrected chi connectivity index (χ2v) is 4.89. The van der Waals surface area contributed by atoms with Gasteiger partial charge < -0.3 is 10.4 Å². The number of carboxylic acid groups (broad SMARTS) is 1. The molecule has 2 N–H and O–H groups in total. The van der Waals surface area contributed by atoms with E-state index in [4.69, 9.17) is 5.11 Å². The minimum Gasteiger partial charge on any atom is -0.481 e. The van der Waals surface area contributed by atoms with Gasteiger partial charge in [0.2, 0.25) is 11.7 Å². The highest BCUT2D eigenvalue weighted by Gasteiger charge is 2.37. The first-order valence-corrected chi connectivity index (χ1v) is 6.37. The van der Waals surface area contributed by atoms with Crippen LogP contribution in [0.15, 0.2) is 18.2 Å². The molecule has 1 aliphatic carbocycles. The number of benzene rings is 1. The number of aliphatic carboxylic acids is 1. The fourth-order valence-corrected chi connectivity index (χ4v) is 2.53. The molecule has 7 nitrogen and oxygen atoms in total. The average molecular weight is 296 g/mol. The number of nitro benzene ring substituents is 1. The normalized spacial score (nSPS) is 21.0. The van der Waals surface area contributed by atoms with Gasteiger partial charge in [0.05, 0.1) is 16.8 Å². The van der Waals surface area contributed by atoms with Crippen molar-refractivity contribution >= 4 is 23.3 Å². The summed E-state index contributed by atoms with van der Waals surface area (Å²) in [5.74, 6) is -3.96. The molecule has 0 bridgehead atoms. The lowest BCUT2D eigenvalue weighted by atomic mass is 9.95. The van der Waals surface area contributed by atoms with Gasteiger partial charge in [-0.05, 0) is 25.0 Å². The Morgan fingerprint density at radius 1 is 1.33 bits per heavy atom. The molecule has 2 rings (SSSR count). The highest BCUT2D eigenvalue weighted by Crippen LogP contribution is 2.33. The van der Waals surface area contributed by atoms with Gasteiger partial charge >= 0.3 is 11.7 Å². The zero-order chi connectivity index (χ0) is 15.6. The van der Waals surface area contributed by atoms with Crippen molar-refractivity contribution in [1.82, 2.24) is 0 Å². The Hall–Kier alpha value is -2.51. The van der Waals surface area contributed by atoms with Gasteiger partial charge in [-0.1, -0.05) is 6.42 Å². The predicted molar refractivity (Wildman–Crippen MR) is 70.2 cm³/mol. The highest BCUT2D eigenvalue weighted by atomic mass is 19.1. The molecule has 1 aromatic rings. The van der Waals surface area contributed by atoms with Gasteiger partial charge in [-0.3, -0.25) is 19.7 Å². The Labute approximate surface area is 118 Å². The monoisotopic (exact) mass is 296 g/mol. The molecule has 1 saturated carbocycles. The Morgan fingerprint density at radius 2 is 2.00 bits per heavy atom. The zero-order valence-electron chi connectivity index (χ0n) is 10.9. The smallest absolute Gasteiger partial charge is 0.307 e. The molecule has 0 spiro atoms. The molecule has 0 aliphatic heterocycles. The number of anilines is 1. The van der Waals surface area contributed by atoms with Gasteiger partial charge in [-0.25, -0.2) is 0 Å². The summed E-state index contributed by atoms with van der Waals surface area (Å²) in [6.07, 6.45) is 1.52. The summed E-state index contributed by atoms with van der Waals surface area (Å²) in [4.78, 5) is 32.8. The van der Waals surface area contributed by atoms with Crippen molar-refractivity contribution in [3.8, 4) is 0 Å². The summed E-state index contributed by atoms with van der Waals surface area (Å²) in [7, 11) is 0. The zero-order valence-corrected chi connectivity index (χ0v) is 10.9. The van der Waals surface area contributed by atoms with Crippen molar-refractivity contribution in [2.75, 3.05) is 5.32 Å². The first-order chi connectivity index (χ1) is 9.90. The van der Waals surface area contributed by atoms with Crippen molar-refractivity contribution in [3.63, 3.8) is 0 Å². The van der Waals surface area contributed by atoms with Crippen LogP contribution in [0.4, 0.5) is 15.8 Å². The number of carbonyl (C=O) groups is 2. The average Bonchev–Trinajstić information content (AvgIpc) is 2.90. The van der Waals surface area contributed by atoms with E-state index in [1.165, 1.54) is 6.07 Å². The Balaban J connectivity index is 2.14. The quantitative estimate of drug-likeness (QED) is 0.653. The molecule has 8 heteroatoms. The maximum absolute atomic E-state index is 13.2. The topological polar surface area (TPSA) is 110 Å². The van der Waals surface area contributed by atoms with Gasteiger partial charge in [-0.15, -0.1) is 0 Å². The molecule has 21 heavy (non-hydrogen) atoms. The molecule has 0 aromatic heterocycles. The number of amides is 1. The number of hydrogen-bond acceptors (Lipinski definition) is 4. The second kappa shape index (κ2) is 5.86. The third kappa shape index (κ3) is 3.15. The van der Waals surface area contributed by atoms with Crippen LogP contribution in [0.25, 0.3) is 0 Å². The van der Waals surface area contributed by atoms with Gasteiger partial charge in [0.1, 0.15) is 0 Å². The largest absolute Gasteiger partial charge is 0.481 e. The molecule has 0 unspecified atom stereocenters. The SMILES string of the molecule is O=C(O)[C@H]1CCC[C@H]1C(=O)Nc1ccc(F)c([N+](=O)[O-])c1. The fourth-order valence-electron chi connectivity index (χ4n) is 2.53. The summed E-state index contributed by atoms with van der Waals surface area (Å²) in [5, 5.41) is 22.1. The van der Waals surface area contributed by atoms with Crippen LogP contribution >= 0.6 is 0 Å². The summed E-state index contributed by atoms with van der Waals surface area (Å²) >= 11 is 0. The minimum absolute atomic E-state index is 0.0733. The van der Waals surface area contributed by atoms with Crippen molar-refractivity contribution in [2.24, 2.45) is 11.8 Å². The molecule has 0 heterocycles. The summed E-state index contributed by atoms with van der Waals surface area (Å²) in [5.41, 5.74) is -0.668. The van der Waals surface area contributed by atoms with E-state index >= 15 is 0 Å². The number of halogens is 1. The molecule has 112 valence electrons. The van der Waals surface area contributed by atoms with Crippen LogP contribution in [0.2, 0.25) is 0 Å². The van der Waals surface area contributed by atoms with Crippen LogP contribution in [0.5, 0.6) is 0 Å². The van der Waals surface area contributed by atoms with Crippen LogP contribution < -0.4 is 5.32 Å². The Bertz CT molecular complexity index is 604. The lowest BCUT2D eigenvalue weighted by Crippen LogP contribution is -2.30. The Morgan fingerprint density at radius 3 is 2.62 bits per heavy atom. The van der Waals surface area contributed by atoms with E-state index in [1.807, 2.05) is 0 Å². The third-order valence-electron chi connectivity index (χ3n) is 3.58. The van der Waals surface area contributed by atoms with Crippen LogP contribution in [-0.4, -0.2) is 21.9 Å². The first kappa shape index (κ1) is 14.9. The Kier molecular flexibility index (Phi) is 4.15. The van der Waals surface area contributed by atoms with Gasteiger partial charge in [0, 0.05) is 11.8 Å². The van der Waals surface area contributed by atoms with Gasteiger partial charge in [-0.2, -0.15) is 4.39 Å². The number of carbonyl (C=O) groups excluding carboxylic acids is 1. The van der Waals surface area contributed by atoms with E-state index in [0.29, 0.717) is 19.3 Å². The number of nitro groups is 1. The van der Waals surface area contributed by atoms with E-state index in [1.54, 1.807) is 0 Å². The molecule has 2 atom stereocenters. The van der Waals surface area contributed by atoms with E-state index in [9.17, 15) is 24.1 Å². The van der Waals surface area contributed by atoms with E-state index in [-0.39, 0.29) is 5.69 Å². The lowest BCUT2D eigenvalue weighted by Gasteiger charge is -2.15. The van der Waals surface area contributed by atoms with Crippen LogP contribution in [0.1, 0.15) is 19.3 Å². The molecule has 1 aromatic carbocycles. The van der Waals surface area contributed by atoms with Gasteiger partial charge in [0.25, 0.3) is 0 Å². The molecule has 1 aliphatic rings. The number of nitrogens with zero attached hydrogens (tertiary/aromatic N) is 1. The van der Waals surface area contributed by atoms with E-state index in [2.05, 4.69) is 5.32 Å². The van der Waals surface area contributed by atoms with E-state index < -0.39 is 40.1 Å². The van der Waals surface area contributed by atoms with Crippen molar-refractivity contribution < 1.29 is 24.0 Å². The number of rotatable bonds is 4. The van der Waals surface area contributed by atoms with E-state index in [0.717, 1.165) is 12.1 Å². The molecular formula is C13H13FN2O5. The van der Waals surface area contributed by atoms with Crippen LogP contribution in [0, 0.1) is 27.8 Å². The third-order valence-corrected chi connectivity index (χ3v) is 3.58. The molecule has 1 fully saturated rings. The standard InChI is InChI=1S/C13H13FN2O5/c14-10-5-4-7(6-11(10)16(20)21)15-12(17)8-2-1-3-9(8)13(18)19/h4-6,8-9H,1-3H2,(H,15,17)(H,18,19)/t8-,9+/m1/s1. The summed E-state index contributed by atoms with van der Waals surface area (Å²) in [6, 6.07) is 3.00. The molecule has 1 amide bonds. The number of nitrogens with one attached hydrogen (secondary N) is 1. The number of hydrogen-bond donors (Lipinski definition) is 2. The maximum atomic E-state index is 13.2. The fraction of sp³-hybridized carbons (Fsp3) is 0.385. The van der Waals surface area contributed by atoms with Crippen LogP contribution in [-0.2, 0) is 9.59 Å². The predicted octanol–water partition coefficient (Wildman–Crippen LogP) is 2.17. The lowest BCUT2D eigenvalue weighted by molar-refractivity contribution is -0.387. The van der Waals surface area contributed by atoms with Gasteiger partial charge in [0.15, 0.2) is 0 Å². The maximum Gasteiger partial charge on any atom is 0.307 e. The van der Waals surface area contributed by atoms with Crippen molar-refractivity contribution in [1.29, 1.82) is 0 Å². The molecule has 0 radical (unpaired) electrons. The molecular weight excluding hydrogens is 283 g/mol. The van der Waals surface area contributed by atoms with Crippen molar-refractivity contribution in [2.45, 2.75) is 19.3 Å². The number of carboxylic acids is 1. The molecule has 0 saturated heterocycles. The summed E-state index contributed by atoms with van der Waals surface area (Å²) in [6.45, 7) is 0. The first-order valence-electron chi connectivity index (χ1n) is 6.37. The van der Waals surface area contributed by atoms with Crippen molar-refractivity contribution in [3.05, 3.63) is 34.1 Å².